The molecule has 0 bridgehead atoms. The van der Waals surface area contributed by atoms with Gasteiger partial charge in [-0.15, -0.1) is 0 Å². The van der Waals surface area contributed by atoms with Gasteiger partial charge in [-0.3, -0.25) is 14.4 Å². The molecule has 8 nitrogen and oxygen atoms in total. The highest BCUT2D eigenvalue weighted by molar-refractivity contribution is 5.97. The van der Waals surface area contributed by atoms with Gasteiger partial charge in [0, 0.05) is 11.5 Å². The normalized spacial score (nSPS) is 19.6. The highest BCUT2D eigenvalue weighted by Crippen LogP contribution is 2.35. The lowest BCUT2D eigenvalue weighted by Crippen LogP contribution is -2.50. The lowest BCUT2D eigenvalue weighted by Gasteiger charge is -2.38. The third-order valence-corrected chi connectivity index (χ3v) is 5.57. The molecule has 180 valence electrons. The van der Waals surface area contributed by atoms with E-state index in [0.29, 0.717) is 12.9 Å². The Morgan fingerprint density at radius 1 is 0.912 bits per heavy atom. The maximum Gasteiger partial charge on any atom is 0.320 e. The monoisotopic (exact) mass is 468 g/mol. The fraction of sp³-hybridized carbons (Fsp3) is 0.346. The predicted molar refractivity (Wildman–Crippen MR) is 121 cm³/mol. The van der Waals surface area contributed by atoms with Crippen molar-refractivity contribution in [1.29, 1.82) is 0 Å². The van der Waals surface area contributed by atoms with Gasteiger partial charge in [-0.25, -0.2) is 0 Å². The van der Waals surface area contributed by atoms with Gasteiger partial charge in [-0.05, 0) is 11.1 Å². The Balaban J connectivity index is 1.88. The standard InChI is InChI=1S/C26H28O8/c1-30-25(28)23(26(29)31-2)22-20(13-27)16-33-21(17-32-14-18-9-5-3-6-10-18)24(22)34-15-19-11-7-4-8-12-19/h3-13,16,21-24H,14-15,17H2,1-2H3/t21-,22-,24+/m1/s1. The van der Waals surface area contributed by atoms with Gasteiger partial charge in [-0.1, -0.05) is 60.7 Å². The van der Waals surface area contributed by atoms with Gasteiger partial charge < -0.3 is 23.7 Å². The van der Waals surface area contributed by atoms with Crippen LogP contribution in [0.1, 0.15) is 11.1 Å². The molecule has 0 amide bonds. The highest BCUT2D eigenvalue weighted by Gasteiger charge is 2.49. The number of hydrogen-bond acceptors (Lipinski definition) is 8. The smallest absolute Gasteiger partial charge is 0.320 e. The van der Waals surface area contributed by atoms with Gasteiger partial charge in [0.2, 0.25) is 0 Å². The summed E-state index contributed by atoms with van der Waals surface area (Å²) in [4.78, 5) is 37.1. The second-order valence-corrected chi connectivity index (χ2v) is 7.72. The van der Waals surface area contributed by atoms with Crippen molar-refractivity contribution in [3.8, 4) is 0 Å². The van der Waals surface area contributed by atoms with Crippen LogP contribution in [-0.2, 0) is 51.3 Å². The van der Waals surface area contributed by atoms with E-state index in [1.54, 1.807) is 0 Å². The number of methoxy groups -OCH3 is 2. The fourth-order valence-corrected chi connectivity index (χ4v) is 3.85. The van der Waals surface area contributed by atoms with E-state index in [0.717, 1.165) is 11.1 Å². The van der Waals surface area contributed by atoms with Gasteiger partial charge in [0.15, 0.2) is 5.92 Å². The molecule has 0 saturated carbocycles. The highest BCUT2D eigenvalue weighted by atomic mass is 16.6. The lowest BCUT2D eigenvalue weighted by atomic mass is 9.79. The van der Waals surface area contributed by atoms with Crippen LogP contribution in [0.4, 0.5) is 0 Å². The first kappa shape index (κ1) is 25.1. The van der Waals surface area contributed by atoms with Crippen LogP contribution in [0.2, 0.25) is 0 Å². The van der Waals surface area contributed by atoms with Crippen molar-refractivity contribution in [2.45, 2.75) is 25.4 Å². The van der Waals surface area contributed by atoms with Crippen LogP contribution < -0.4 is 0 Å². The van der Waals surface area contributed by atoms with Crippen LogP contribution in [0.3, 0.4) is 0 Å². The summed E-state index contributed by atoms with van der Waals surface area (Å²) in [6.45, 7) is 0.600. The van der Waals surface area contributed by atoms with Gasteiger partial charge in [0.25, 0.3) is 0 Å². The van der Waals surface area contributed by atoms with Crippen molar-refractivity contribution in [1.82, 2.24) is 0 Å². The summed E-state index contributed by atoms with van der Waals surface area (Å²) >= 11 is 0. The minimum Gasteiger partial charge on any atom is -0.492 e. The van der Waals surface area contributed by atoms with E-state index >= 15 is 0 Å². The zero-order valence-electron chi connectivity index (χ0n) is 19.1. The Hall–Kier alpha value is -3.49. The SMILES string of the molecule is COC(=O)C(C(=O)OC)[C@H]1C(C=O)=CO[C@H](COCc2ccccc2)[C@@H]1OCc1ccccc1. The molecule has 0 aliphatic carbocycles. The number of aldehydes is 1. The molecule has 0 unspecified atom stereocenters. The molecular weight excluding hydrogens is 440 g/mol. The van der Waals surface area contributed by atoms with Crippen molar-refractivity contribution in [2.75, 3.05) is 20.8 Å². The quantitative estimate of drug-likeness (QED) is 0.282. The van der Waals surface area contributed by atoms with Crippen LogP contribution in [0.25, 0.3) is 0 Å². The van der Waals surface area contributed by atoms with E-state index in [1.807, 2.05) is 60.7 Å². The summed E-state index contributed by atoms with van der Waals surface area (Å²) < 4.78 is 27.5. The van der Waals surface area contributed by atoms with Crippen LogP contribution in [0, 0.1) is 11.8 Å². The number of benzene rings is 2. The second-order valence-electron chi connectivity index (χ2n) is 7.72. The molecule has 0 fully saturated rings. The second kappa shape index (κ2) is 12.7. The number of carbonyl (C=O) groups is 3. The molecule has 3 atom stereocenters. The van der Waals surface area contributed by atoms with E-state index in [2.05, 4.69) is 0 Å². The molecular formula is C26H28O8. The van der Waals surface area contributed by atoms with Crippen molar-refractivity contribution in [3.63, 3.8) is 0 Å². The first-order valence-electron chi connectivity index (χ1n) is 10.8. The maximum absolute atomic E-state index is 12.6. The Morgan fingerprint density at radius 3 is 2.00 bits per heavy atom. The van der Waals surface area contributed by atoms with E-state index in [1.165, 1.54) is 20.5 Å². The van der Waals surface area contributed by atoms with E-state index in [4.69, 9.17) is 23.7 Å². The third-order valence-electron chi connectivity index (χ3n) is 5.57. The number of esters is 2. The summed E-state index contributed by atoms with van der Waals surface area (Å²) in [5.74, 6) is -4.06. The number of ether oxygens (including phenoxy) is 5. The summed E-state index contributed by atoms with van der Waals surface area (Å²) in [5.41, 5.74) is 1.95. The van der Waals surface area contributed by atoms with Crippen LogP contribution in [0.5, 0.6) is 0 Å². The third kappa shape index (κ3) is 6.30. The minimum absolute atomic E-state index is 0.0955. The molecule has 8 heteroatoms. The molecule has 1 heterocycles. The maximum atomic E-state index is 12.6. The number of carbonyl (C=O) groups excluding carboxylic acids is 3. The molecule has 2 aromatic rings. The van der Waals surface area contributed by atoms with E-state index in [9.17, 15) is 14.4 Å². The molecule has 0 N–H and O–H groups in total. The predicted octanol–water partition coefficient (Wildman–Crippen LogP) is 2.85. The zero-order valence-corrected chi connectivity index (χ0v) is 19.1. The minimum atomic E-state index is -1.41. The van der Waals surface area contributed by atoms with Gasteiger partial charge in [-0.2, -0.15) is 0 Å². The van der Waals surface area contributed by atoms with Crippen molar-refractivity contribution >= 4 is 18.2 Å². The summed E-state index contributed by atoms with van der Waals surface area (Å²) in [6.07, 6.45) is 0.223. The molecule has 0 spiro atoms. The Bertz CT molecular complexity index is 957. The van der Waals surface area contributed by atoms with Crippen molar-refractivity contribution < 1.29 is 38.1 Å². The van der Waals surface area contributed by atoms with E-state index in [-0.39, 0.29) is 18.8 Å². The Kier molecular flexibility index (Phi) is 9.37. The number of hydrogen-bond donors (Lipinski definition) is 0. The summed E-state index contributed by atoms with van der Waals surface area (Å²) in [6, 6.07) is 19.0. The molecule has 2 aromatic carbocycles. The van der Waals surface area contributed by atoms with Gasteiger partial charge in [0.1, 0.15) is 18.5 Å². The molecule has 3 rings (SSSR count). The average Bonchev–Trinajstić information content (AvgIpc) is 2.89. The molecule has 0 aromatic heterocycles. The molecule has 0 saturated heterocycles. The Labute approximate surface area is 198 Å². The lowest BCUT2D eigenvalue weighted by molar-refractivity contribution is -0.171. The topological polar surface area (TPSA) is 97.4 Å². The fourth-order valence-electron chi connectivity index (χ4n) is 3.85. The molecule has 0 radical (unpaired) electrons. The zero-order chi connectivity index (χ0) is 24.3. The molecule has 1 aliphatic heterocycles. The Morgan fingerprint density at radius 2 is 1.47 bits per heavy atom. The first-order valence-corrected chi connectivity index (χ1v) is 10.8. The first-order chi connectivity index (χ1) is 16.6. The number of rotatable bonds is 11. The van der Waals surface area contributed by atoms with Crippen LogP contribution in [-0.4, -0.2) is 51.3 Å². The van der Waals surface area contributed by atoms with Crippen LogP contribution in [0.15, 0.2) is 72.5 Å². The van der Waals surface area contributed by atoms with Crippen molar-refractivity contribution in [2.24, 2.45) is 11.8 Å². The van der Waals surface area contributed by atoms with E-state index < -0.39 is 36.0 Å². The van der Waals surface area contributed by atoms with Gasteiger partial charge in [0.05, 0.1) is 40.3 Å². The largest absolute Gasteiger partial charge is 0.492 e. The van der Waals surface area contributed by atoms with Crippen molar-refractivity contribution in [3.05, 3.63) is 83.6 Å². The van der Waals surface area contributed by atoms with Gasteiger partial charge >= 0.3 is 11.9 Å². The molecule has 34 heavy (non-hydrogen) atoms. The summed E-state index contributed by atoms with van der Waals surface area (Å²) in [5, 5.41) is 0. The van der Waals surface area contributed by atoms with Crippen LogP contribution >= 0.6 is 0 Å². The average molecular weight is 469 g/mol. The molecule has 1 aliphatic rings. The summed E-state index contributed by atoms with van der Waals surface area (Å²) in [7, 11) is 2.34.